The molecule has 0 fully saturated rings. The molecule has 0 aliphatic carbocycles. The zero-order chi connectivity index (χ0) is 13.0. The van der Waals surface area contributed by atoms with Crippen molar-refractivity contribution in [2.75, 3.05) is 11.9 Å². The van der Waals surface area contributed by atoms with Crippen LogP contribution in [0.4, 0.5) is 5.13 Å². The molecule has 5 nitrogen and oxygen atoms in total. The summed E-state index contributed by atoms with van der Waals surface area (Å²) in [7, 11) is 0. The fourth-order valence-electron chi connectivity index (χ4n) is 1.51. The fraction of sp³-hybridized carbons (Fsp3) is 0.250. The summed E-state index contributed by atoms with van der Waals surface area (Å²) in [5, 5.41) is 3.23. The van der Waals surface area contributed by atoms with Crippen LogP contribution in [0.25, 0.3) is 0 Å². The van der Waals surface area contributed by atoms with E-state index in [9.17, 15) is 4.79 Å². The number of anilines is 1. The summed E-state index contributed by atoms with van der Waals surface area (Å²) < 4.78 is 4.00. The smallest absolute Gasteiger partial charge is 0.257 e. The number of nitrogens with zero attached hydrogens (tertiary/aromatic N) is 2. The Labute approximate surface area is 109 Å². The molecule has 0 spiro atoms. The van der Waals surface area contributed by atoms with E-state index in [4.69, 9.17) is 5.73 Å². The van der Waals surface area contributed by atoms with Gasteiger partial charge in [0.2, 0.25) is 5.13 Å². The Morgan fingerprint density at radius 2 is 2.11 bits per heavy atom. The van der Waals surface area contributed by atoms with Gasteiger partial charge in [0.05, 0.1) is 0 Å². The Morgan fingerprint density at radius 3 is 2.67 bits per heavy atom. The number of nitrogens with one attached hydrogen (secondary N) is 1. The third kappa shape index (κ3) is 3.12. The first-order chi connectivity index (χ1) is 8.69. The minimum Gasteiger partial charge on any atom is -0.330 e. The van der Waals surface area contributed by atoms with Crippen molar-refractivity contribution >= 4 is 22.6 Å². The molecule has 6 heteroatoms. The van der Waals surface area contributed by atoms with Crippen molar-refractivity contribution in [3.8, 4) is 0 Å². The topological polar surface area (TPSA) is 80.9 Å². The van der Waals surface area contributed by atoms with Gasteiger partial charge in [-0.1, -0.05) is 12.1 Å². The lowest BCUT2D eigenvalue weighted by Gasteiger charge is -2.03. The largest absolute Gasteiger partial charge is 0.330 e. The Hall–Kier alpha value is -1.79. The van der Waals surface area contributed by atoms with Gasteiger partial charge in [0, 0.05) is 17.1 Å². The Balaban J connectivity index is 2.04. The summed E-state index contributed by atoms with van der Waals surface area (Å²) in [6.07, 6.45) is 0.817. The summed E-state index contributed by atoms with van der Waals surface area (Å²) in [4.78, 5) is 16.0. The zero-order valence-electron chi connectivity index (χ0n) is 10.0. The van der Waals surface area contributed by atoms with Crippen LogP contribution in [0.2, 0.25) is 0 Å². The fourth-order valence-corrected chi connectivity index (χ4v) is 2.08. The standard InChI is InChI=1S/C12H14N4OS/c1-8-14-12(18-16-8)15-11(17)10-4-2-9(3-5-10)6-7-13/h2-5H,6-7,13H2,1H3,(H,14,15,16,17). The summed E-state index contributed by atoms with van der Waals surface area (Å²) in [6.45, 7) is 2.39. The average Bonchev–Trinajstić information content (AvgIpc) is 2.76. The first kappa shape index (κ1) is 12.7. The lowest BCUT2D eigenvalue weighted by Crippen LogP contribution is -2.12. The molecule has 1 aromatic carbocycles. The van der Waals surface area contributed by atoms with Crippen LogP contribution in [-0.4, -0.2) is 21.8 Å². The molecule has 1 heterocycles. The van der Waals surface area contributed by atoms with Crippen LogP contribution in [-0.2, 0) is 6.42 Å². The van der Waals surface area contributed by atoms with Crippen LogP contribution in [0.3, 0.4) is 0 Å². The predicted molar refractivity (Wildman–Crippen MR) is 71.8 cm³/mol. The molecule has 0 bridgehead atoms. The number of carbonyl (C=O) groups is 1. The van der Waals surface area contributed by atoms with Crippen molar-refractivity contribution in [3.63, 3.8) is 0 Å². The number of nitrogens with two attached hydrogens (primary N) is 1. The molecule has 1 aromatic heterocycles. The number of amides is 1. The van der Waals surface area contributed by atoms with E-state index in [2.05, 4.69) is 14.7 Å². The molecule has 0 aliphatic heterocycles. The third-order valence-corrected chi connectivity index (χ3v) is 3.12. The lowest BCUT2D eigenvalue weighted by molar-refractivity contribution is 0.102. The Morgan fingerprint density at radius 1 is 1.39 bits per heavy atom. The van der Waals surface area contributed by atoms with Gasteiger partial charge in [0.1, 0.15) is 5.82 Å². The van der Waals surface area contributed by atoms with E-state index in [1.165, 1.54) is 11.5 Å². The first-order valence-corrected chi connectivity index (χ1v) is 6.37. The van der Waals surface area contributed by atoms with Crippen LogP contribution in [0.5, 0.6) is 0 Å². The SMILES string of the molecule is Cc1nsc(NC(=O)c2ccc(CCN)cc2)n1. The van der Waals surface area contributed by atoms with Gasteiger partial charge in [0.15, 0.2) is 0 Å². The van der Waals surface area contributed by atoms with Crippen molar-refractivity contribution in [2.24, 2.45) is 5.73 Å². The summed E-state index contributed by atoms with van der Waals surface area (Å²) in [5.74, 6) is 0.485. The van der Waals surface area contributed by atoms with Crippen molar-refractivity contribution < 1.29 is 4.79 Å². The molecule has 0 saturated heterocycles. The van der Waals surface area contributed by atoms with E-state index >= 15 is 0 Å². The molecule has 1 amide bonds. The second kappa shape index (κ2) is 5.70. The number of hydrogen-bond acceptors (Lipinski definition) is 5. The van der Waals surface area contributed by atoms with Crippen LogP contribution >= 0.6 is 11.5 Å². The second-order valence-corrected chi connectivity index (χ2v) is 4.59. The molecular weight excluding hydrogens is 248 g/mol. The number of benzene rings is 1. The molecule has 2 rings (SSSR count). The van der Waals surface area contributed by atoms with Gasteiger partial charge < -0.3 is 5.73 Å². The Kier molecular flexibility index (Phi) is 4.01. The molecule has 0 unspecified atom stereocenters. The molecule has 94 valence electrons. The molecule has 0 saturated carbocycles. The van der Waals surface area contributed by atoms with Gasteiger partial charge in [-0.05, 0) is 37.6 Å². The quantitative estimate of drug-likeness (QED) is 0.877. The van der Waals surface area contributed by atoms with Gasteiger partial charge in [-0.2, -0.15) is 4.37 Å². The second-order valence-electron chi connectivity index (χ2n) is 3.84. The molecule has 3 N–H and O–H groups in total. The van der Waals surface area contributed by atoms with E-state index in [-0.39, 0.29) is 5.91 Å². The van der Waals surface area contributed by atoms with Crippen molar-refractivity contribution in [1.82, 2.24) is 9.36 Å². The van der Waals surface area contributed by atoms with E-state index in [1.54, 1.807) is 19.1 Å². The summed E-state index contributed by atoms with van der Waals surface area (Å²) >= 11 is 1.17. The van der Waals surface area contributed by atoms with Crippen molar-refractivity contribution in [2.45, 2.75) is 13.3 Å². The number of carbonyl (C=O) groups excluding carboxylic acids is 1. The number of rotatable bonds is 4. The van der Waals surface area contributed by atoms with E-state index < -0.39 is 0 Å². The van der Waals surface area contributed by atoms with E-state index in [0.717, 1.165) is 12.0 Å². The molecule has 0 aliphatic rings. The van der Waals surface area contributed by atoms with Crippen LogP contribution in [0.1, 0.15) is 21.7 Å². The molecule has 0 atom stereocenters. The highest BCUT2D eigenvalue weighted by molar-refractivity contribution is 7.09. The molecule has 18 heavy (non-hydrogen) atoms. The maximum atomic E-state index is 11.9. The maximum Gasteiger partial charge on any atom is 0.257 e. The molecule has 2 aromatic rings. The van der Waals surface area contributed by atoms with Gasteiger partial charge in [-0.3, -0.25) is 10.1 Å². The highest BCUT2D eigenvalue weighted by Crippen LogP contribution is 2.12. The summed E-state index contributed by atoms with van der Waals surface area (Å²) in [6, 6.07) is 7.39. The van der Waals surface area contributed by atoms with Gasteiger partial charge in [0.25, 0.3) is 5.91 Å². The van der Waals surface area contributed by atoms with Crippen LogP contribution in [0.15, 0.2) is 24.3 Å². The maximum absolute atomic E-state index is 11.9. The van der Waals surface area contributed by atoms with Gasteiger partial charge in [-0.15, -0.1) is 0 Å². The lowest BCUT2D eigenvalue weighted by atomic mass is 10.1. The monoisotopic (exact) mass is 262 g/mol. The number of hydrogen-bond donors (Lipinski definition) is 2. The van der Waals surface area contributed by atoms with Crippen molar-refractivity contribution in [3.05, 3.63) is 41.2 Å². The van der Waals surface area contributed by atoms with E-state index in [1.807, 2.05) is 12.1 Å². The number of aryl methyl sites for hydroxylation is 1. The summed E-state index contributed by atoms with van der Waals surface area (Å²) in [5.41, 5.74) is 7.20. The van der Waals surface area contributed by atoms with Crippen molar-refractivity contribution in [1.29, 1.82) is 0 Å². The van der Waals surface area contributed by atoms with Gasteiger partial charge in [-0.25, -0.2) is 4.98 Å². The average molecular weight is 262 g/mol. The number of aromatic nitrogens is 2. The predicted octanol–water partition coefficient (Wildman–Crippen LogP) is 1.60. The molecular formula is C12H14N4OS. The minimum atomic E-state index is -0.176. The van der Waals surface area contributed by atoms with Gasteiger partial charge >= 0.3 is 0 Å². The zero-order valence-corrected chi connectivity index (χ0v) is 10.8. The minimum absolute atomic E-state index is 0.176. The molecule has 0 radical (unpaired) electrons. The third-order valence-electron chi connectivity index (χ3n) is 2.40. The highest BCUT2D eigenvalue weighted by Gasteiger charge is 2.08. The first-order valence-electron chi connectivity index (χ1n) is 5.59. The van der Waals surface area contributed by atoms with E-state index in [0.29, 0.717) is 23.1 Å². The Bertz CT molecular complexity index is 535. The highest BCUT2D eigenvalue weighted by atomic mass is 32.1. The van der Waals surface area contributed by atoms with Crippen LogP contribution in [0, 0.1) is 6.92 Å². The normalized spacial score (nSPS) is 10.3. The van der Waals surface area contributed by atoms with Crippen LogP contribution < -0.4 is 11.1 Å².